The minimum atomic E-state index is -3.60. The van der Waals surface area contributed by atoms with Crippen LogP contribution in [0.4, 0.5) is 0 Å². The third kappa shape index (κ3) is 5.02. The van der Waals surface area contributed by atoms with E-state index in [-0.39, 0.29) is 34.3 Å². The number of sulfonamides is 1. The van der Waals surface area contributed by atoms with Gasteiger partial charge in [0.25, 0.3) is 5.91 Å². The maximum atomic E-state index is 12.5. The van der Waals surface area contributed by atoms with Crippen LogP contribution in [0.3, 0.4) is 0 Å². The molecular formula is C16H24N2O5S2. The van der Waals surface area contributed by atoms with E-state index >= 15 is 0 Å². The van der Waals surface area contributed by atoms with Crippen LogP contribution in [0, 0.1) is 5.92 Å². The Bertz CT molecular complexity index is 830. The lowest BCUT2D eigenvalue weighted by atomic mass is 10.1. The molecule has 1 fully saturated rings. The lowest BCUT2D eigenvalue weighted by molar-refractivity contribution is 0.0747. The fourth-order valence-electron chi connectivity index (χ4n) is 2.59. The minimum Gasteiger partial charge on any atom is -0.338 e. The first-order chi connectivity index (χ1) is 11.5. The number of hydrogen-bond donors (Lipinski definition) is 1. The van der Waals surface area contributed by atoms with Crippen LogP contribution in [0.25, 0.3) is 0 Å². The van der Waals surface area contributed by atoms with Gasteiger partial charge in [-0.3, -0.25) is 4.79 Å². The summed E-state index contributed by atoms with van der Waals surface area (Å²) in [6.45, 7) is 4.15. The third-order valence-electron chi connectivity index (χ3n) is 4.17. The van der Waals surface area contributed by atoms with E-state index in [9.17, 15) is 21.6 Å². The molecule has 0 aromatic heterocycles. The van der Waals surface area contributed by atoms with Gasteiger partial charge in [-0.25, -0.2) is 21.6 Å². The molecule has 0 saturated carbocycles. The minimum absolute atomic E-state index is 0.0270. The number of amides is 1. The van der Waals surface area contributed by atoms with Gasteiger partial charge in [0, 0.05) is 25.2 Å². The summed E-state index contributed by atoms with van der Waals surface area (Å²) >= 11 is 0. The normalized spacial score (nSPS) is 19.9. The van der Waals surface area contributed by atoms with E-state index in [0.717, 1.165) is 0 Å². The predicted molar refractivity (Wildman–Crippen MR) is 95.6 cm³/mol. The number of carbonyl (C=O) groups excluding carboxylic acids is 1. The highest BCUT2D eigenvalue weighted by Crippen LogP contribution is 2.19. The number of benzene rings is 1. The molecule has 2 rings (SSSR count). The van der Waals surface area contributed by atoms with E-state index in [0.29, 0.717) is 18.5 Å². The average molecular weight is 389 g/mol. The van der Waals surface area contributed by atoms with E-state index in [2.05, 4.69) is 4.72 Å². The lowest BCUT2D eigenvalue weighted by Crippen LogP contribution is -2.37. The Morgan fingerprint density at radius 1 is 1.28 bits per heavy atom. The Labute approximate surface area is 149 Å². The molecule has 1 aromatic rings. The number of rotatable bonds is 6. The fourth-order valence-corrected chi connectivity index (χ4v) is 5.57. The molecule has 1 aliphatic rings. The predicted octanol–water partition coefficient (Wildman–Crippen LogP) is 0.880. The highest BCUT2D eigenvalue weighted by molar-refractivity contribution is 7.91. The summed E-state index contributed by atoms with van der Waals surface area (Å²) in [5.74, 6) is -0.0670. The summed E-state index contributed by atoms with van der Waals surface area (Å²) in [7, 11) is -5.11. The molecule has 140 valence electrons. The van der Waals surface area contributed by atoms with Crippen molar-refractivity contribution < 1.29 is 21.6 Å². The number of nitrogens with zero attached hydrogens (tertiary/aromatic N) is 1. The Morgan fingerprint density at radius 3 is 2.36 bits per heavy atom. The molecule has 1 saturated heterocycles. The lowest BCUT2D eigenvalue weighted by Gasteiger charge is -2.23. The van der Waals surface area contributed by atoms with E-state index in [1.807, 2.05) is 13.8 Å². The fraction of sp³-hybridized carbons (Fsp3) is 0.562. The van der Waals surface area contributed by atoms with Gasteiger partial charge in [-0.1, -0.05) is 13.8 Å². The van der Waals surface area contributed by atoms with E-state index in [1.165, 1.54) is 29.2 Å². The third-order valence-corrected chi connectivity index (χ3v) is 7.36. The first-order valence-electron chi connectivity index (χ1n) is 8.09. The first-order valence-corrected chi connectivity index (χ1v) is 11.4. The van der Waals surface area contributed by atoms with Crippen molar-refractivity contribution in [3.63, 3.8) is 0 Å². The van der Waals surface area contributed by atoms with Crippen molar-refractivity contribution in [3.8, 4) is 0 Å². The van der Waals surface area contributed by atoms with Crippen molar-refractivity contribution in [2.24, 2.45) is 5.92 Å². The molecule has 1 unspecified atom stereocenters. The molecule has 1 heterocycles. The van der Waals surface area contributed by atoms with Crippen molar-refractivity contribution in [1.82, 2.24) is 9.62 Å². The number of hydrogen-bond acceptors (Lipinski definition) is 5. The highest BCUT2D eigenvalue weighted by Gasteiger charge is 2.33. The molecule has 9 heteroatoms. The molecule has 25 heavy (non-hydrogen) atoms. The Hall–Kier alpha value is -1.45. The largest absolute Gasteiger partial charge is 0.338 e. The summed E-state index contributed by atoms with van der Waals surface area (Å²) < 4.78 is 49.9. The summed E-state index contributed by atoms with van der Waals surface area (Å²) in [6, 6.07) is 5.33. The van der Waals surface area contributed by atoms with Crippen LogP contribution >= 0.6 is 0 Å². The zero-order chi connectivity index (χ0) is 18.8. The summed E-state index contributed by atoms with van der Waals surface area (Å²) in [5.41, 5.74) is 0.328. The molecule has 1 N–H and O–H groups in total. The van der Waals surface area contributed by atoms with Gasteiger partial charge in [0.1, 0.15) is 0 Å². The monoisotopic (exact) mass is 388 g/mol. The molecule has 1 aromatic carbocycles. The molecular weight excluding hydrogens is 364 g/mol. The molecule has 1 atom stereocenters. The Balaban J connectivity index is 2.10. The van der Waals surface area contributed by atoms with Gasteiger partial charge >= 0.3 is 0 Å². The second-order valence-corrected chi connectivity index (χ2v) is 10.7. The average Bonchev–Trinajstić information content (AvgIpc) is 2.92. The quantitative estimate of drug-likeness (QED) is 0.780. The van der Waals surface area contributed by atoms with Crippen molar-refractivity contribution >= 4 is 25.8 Å². The molecule has 1 amide bonds. The molecule has 0 aliphatic carbocycles. The number of nitrogens with one attached hydrogen (secondary N) is 1. The van der Waals surface area contributed by atoms with Crippen LogP contribution < -0.4 is 4.72 Å². The number of sulfone groups is 1. The second-order valence-electron chi connectivity index (χ2n) is 6.74. The number of carbonyl (C=O) groups is 1. The zero-order valence-electron chi connectivity index (χ0n) is 14.6. The summed E-state index contributed by atoms with van der Waals surface area (Å²) in [6.07, 6.45) is 0.427. The van der Waals surface area contributed by atoms with Crippen LogP contribution in [0.15, 0.2) is 29.2 Å². The molecule has 7 nitrogen and oxygen atoms in total. The van der Waals surface area contributed by atoms with Gasteiger partial charge in [0.05, 0.1) is 16.4 Å². The second kappa shape index (κ2) is 7.43. The maximum absolute atomic E-state index is 12.5. The van der Waals surface area contributed by atoms with Crippen molar-refractivity contribution in [1.29, 1.82) is 0 Å². The van der Waals surface area contributed by atoms with Crippen LogP contribution in [0.5, 0.6) is 0 Å². The zero-order valence-corrected chi connectivity index (χ0v) is 16.2. The van der Waals surface area contributed by atoms with Gasteiger partial charge in [0.2, 0.25) is 10.0 Å². The van der Waals surface area contributed by atoms with Crippen molar-refractivity contribution in [2.45, 2.75) is 31.2 Å². The summed E-state index contributed by atoms with van der Waals surface area (Å²) in [5, 5.41) is 0. The topological polar surface area (TPSA) is 101 Å². The van der Waals surface area contributed by atoms with E-state index < -0.39 is 19.9 Å². The van der Waals surface area contributed by atoms with Gasteiger partial charge in [-0.2, -0.15) is 0 Å². The molecule has 0 bridgehead atoms. The van der Waals surface area contributed by atoms with E-state index in [4.69, 9.17) is 0 Å². The molecule has 1 aliphatic heterocycles. The Kier molecular flexibility index (Phi) is 5.90. The van der Waals surface area contributed by atoms with Crippen LogP contribution in [-0.2, 0) is 19.9 Å². The Morgan fingerprint density at radius 2 is 1.88 bits per heavy atom. The van der Waals surface area contributed by atoms with Gasteiger partial charge < -0.3 is 4.90 Å². The van der Waals surface area contributed by atoms with Gasteiger partial charge in [-0.05, 0) is 36.6 Å². The van der Waals surface area contributed by atoms with Crippen LogP contribution in [0.1, 0.15) is 30.6 Å². The smallest absolute Gasteiger partial charge is 0.253 e. The molecule has 0 spiro atoms. The van der Waals surface area contributed by atoms with Crippen LogP contribution in [0.2, 0.25) is 0 Å². The molecule has 0 radical (unpaired) electrons. The van der Waals surface area contributed by atoms with E-state index in [1.54, 1.807) is 7.05 Å². The van der Waals surface area contributed by atoms with Crippen LogP contribution in [-0.4, -0.2) is 58.8 Å². The standard InChI is InChI=1S/C16H24N2O5S2/c1-12(2)10-17-25(22,23)15-6-4-13(5-7-15)16(19)18(3)14-8-9-24(20,21)11-14/h4-7,12,14,17H,8-11H2,1-3H3. The highest BCUT2D eigenvalue weighted by atomic mass is 32.2. The van der Waals surface area contributed by atoms with Crippen molar-refractivity contribution in [2.75, 3.05) is 25.1 Å². The van der Waals surface area contributed by atoms with Crippen molar-refractivity contribution in [3.05, 3.63) is 29.8 Å². The van der Waals surface area contributed by atoms with Gasteiger partial charge in [0.15, 0.2) is 9.84 Å². The van der Waals surface area contributed by atoms with Gasteiger partial charge in [-0.15, -0.1) is 0 Å². The SMILES string of the molecule is CC(C)CNS(=O)(=O)c1ccc(C(=O)N(C)C2CCS(=O)(=O)C2)cc1. The summed E-state index contributed by atoms with van der Waals surface area (Å²) in [4.78, 5) is 14.0. The maximum Gasteiger partial charge on any atom is 0.253 e. The first kappa shape index (κ1) is 19.9.